The standard InChI is InChI=1S/C12H10N2O5/c1-2-17-12(16)10-13-7-4-9-8(18-5-19-9)3-6(7)11(15)14-10/h3-4H,2,5H2,1H3,(H,13,14,15). The van der Waals surface area contributed by atoms with Crippen molar-refractivity contribution in [1.29, 1.82) is 0 Å². The minimum Gasteiger partial charge on any atom is -0.460 e. The van der Waals surface area contributed by atoms with E-state index in [4.69, 9.17) is 14.2 Å². The Bertz CT molecular complexity index is 722. The van der Waals surface area contributed by atoms with Gasteiger partial charge in [0.05, 0.1) is 17.5 Å². The van der Waals surface area contributed by atoms with Gasteiger partial charge in [-0.25, -0.2) is 9.78 Å². The van der Waals surface area contributed by atoms with Crippen molar-refractivity contribution in [2.75, 3.05) is 13.4 Å². The van der Waals surface area contributed by atoms with Gasteiger partial charge in [-0.1, -0.05) is 0 Å². The van der Waals surface area contributed by atoms with Crippen LogP contribution in [0.5, 0.6) is 11.5 Å². The van der Waals surface area contributed by atoms with Gasteiger partial charge in [0.2, 0.25) is 12.6 Å². The SMILES string of the molecule is CCOC(=O)c1nc2cc3c(cc2c(=O)[nH]1)OCO3. The number of nitrogens with zero attached hydrogens (tertiary/aromatic N) is 1. The van der Waals surface area contributed by atoms with E-state index in [-0.39, 0.29) is 19.2 Å². The van der Waals surface area contributed by atoms with Crippen molar-refractivity contribution < 1.29 is 19.0 Å². The fourth-order valence-electron chi connectivity index (χ4n) is 1.83. The zero-order valence-electron chi connectivity index (χ0n) is 10.1. The maximum atomic E-state index is 11.9. The molecular formula is C12H10N2O5. The predicted octanol–water partition coefficient (Wildman–Crippen LogP) is 0.828. The molecule has 7 heteroatoms. The van der Waals surface area contributed by atoms with Gasteiger partial charge in [0.15, 0.2) is 11.5 Å². The average molecular weight is 262 g/mol. The van der Waals surface area contributed by atoms with Crippen molar-refractivity contribution in [2.24, 2.45) is 0 Å². The second-order valence-electron chi connectivity index (χ2n) is 3.86. The lowest BCUT2D eigenvalue weighted by molar-refractivity contribution is 0.0512. The van der Waals surface area contributed by atoms with Gasteiger partial charge >= 0.3 is 5.97 Å². The summed E-state index contributed by atoms with van der Waals surface area (Å²) < 4.78 is 15.2. The first-order valence-corrected chi connectivity index (χ1v) is 5.70. The number of hydrogen-bond acceptors (Lipinski definition) is 6. The normalized spacial score (nSPS) is 12.7. The zero-order valence-corrected chi connectivity index (χ0v) is 10.1. The summed E-state index contributed by atoms with van der Waals surface area (Å²) in [6.07, 6.45) is 0. The molecule has 0 spiro atoms. The topological polar surface area (TPSA) is 90.5 Å². The van der Waals surface area contributed by atoms with Crippen molar-refractivity contribution in [3.05, 3.63) is 28.3 Å². The van der Waals surface area contributed by atoms with Crippen LogP contribution in [0, 0.1) is 0 Å². The van der Waals surface area contributed by atoms with Crippen LogP contribution in [0.15, 0.2) is 16.9 Å². The Hall–Kier alpha value is -2.57. The van der Waals surface area contributed by atoms with E-state index in [1.54, 1.807) is 19.1 Å². The third kappa shape index (κ3) is 1.88. The molecule has 2 heterocycles. The molecule has 1 N–H and O–H groups in total. The molecule has 1 aliphatic heterocycles. The van der Waals surface area contributed by atoms with Gasteiger partial charge < -0.3 is 19.2 Å². The number of fused-ring (bicyclic) bond motifs is 2. The van der Waals surface area contributed by atoms with E-state index >= 15 is 0 Å². The first kappa shape index (κ1) is 11.5. The Balaban J connectivity index is 2.18. The third-order valence-electron chi connectivity index (χ3n) is 2.67. The molecule has 0 saturated heterocycles. The van der Waals surface area contributed by atoms with Gasteiger partial charge in [-0.3, -0.25) is 4.79 Å². The van der Waals surface area contributed by atoms with E-state index in [1.807, 2.05) is 0 Å². The number of carbonyl (C=O) groups is 1. The van der Waals surface area contributed by atoms with E-state index in [0.29, 0.717) is 22.4 Å². The van der Waals surface area contributed by atoms with Crippen LogP contribution in [-0.4, -0.2) is 29.3 Å². The molecule has 0 aliphatic carbocycles. The summed E-state index contributed by atoms with van der Waals surface area (Å²) >= 11 is 0. The fourth-order valence-corrected chi connectivity index (χ4v) is 1.83. The number of rotatable bonds is 2. The molecule has 0 fully saturated rings. The van der Waals surface area contributed by atoms with Gasteiger partial charge in [0.1, 0.15) is 0 Å². The number of benzene rings is 1. The fraction of sp³-hybridized carbons (Fsp3) is 0.250. The molecule has 0 amide bonds. The van der Waals surface area contributed by atoms with Crippen LogP contribution in [-0.2, 0) is 4.74 Å². The van der Waals surface area contributed by atoms with Crippen LogP contribution in [0.2, 0.25) is 0 Å². The molecule has 3 rings (SSSR count). The molecule has 0 atom stereocenters. The Morgan fingerprint density at radius 1 is 1.42 bits per heavy atom. The highest BCUT2D eigenvalue weighted by molar-refractivity contribution is 5.89. The van der Waals surface area contributed by atoms with Crippen LogP contribution < -0.4 is 15.0 Å². The summed E-state index contributed by atoms with van der Waals surface area (Å²) in [5.41, 5.74) is -0.0672. The van der Waals surface area contributed by atoms with Crippen molar-refractivity contribution in [2.45, 2.75) is 6.92 Å². The van der Waals surface area contributed by atoms with Crippen LogP contribution >= 0.6 is 0 Å². The lowest BCUT2D eigenvalue weighted by Crippen LogP contribution is -2.17. The lowest BCUT2D eigenvalue weighted by atomic mass is 10.2. The van der Waals surface area contributed by atoms with Gasteiger partial charge in [-0.2, -0.15) is 0 Å². The summed E-state index contributed by atoms with van der Waals surface area (Å²) in [5, 5.41) is 0.331. The monoisotopic (exact) mass is 262 g/mol. The Morgan fingerprint density at radius 2 is 2.16 bits per heavy atom. The van der Waals surface area contributed by atoms with Crippen molar-refractivity contribution >= 4 is 16.9 Å². The van der Waals surface area contributed by atoms with Crippen LogP contribution in [0.1, 0.15) is 17.5 Å². The smallest absolute Gasteiger partial charge is 0.374 e. The molecule has 98 valence electrons. The van der Waals surface area contributed by atoms with Crippen LogP contribution in [0.3, 0.4) is 0 Å². The quantitative estimate of drug-likeness (QED) is 0.806. The number of carbonyl (C=O) groups excluding carboxylic acids is 1. The summed E-state index contributed by atoms with van der Waals surface area (Å²) in [5.74, 6) is 0.196. The first-order chi connectivity index (χ1) is 9.19. The van der Waals surface area contributed by atoms with Crippen molar-refractivity contribution in [1.82, 2.24) is 9.97 Å². The number of nitrogens with one attached hydrogen (secondary N) is 1. The molecule has 1 aromatic carbocycles. The number of H-pyrrole nitrogens is 1. The highest BCUT2D eigenvalue weighted by Crippen LogP contribution is 2.34. The van der Waals surface area contributed by atoms with Gasteiger partial charge in [-0.05, 0) is 13.0 Å². The van der Waals surface area contributed by atoms with E-state index < -0.39 is 11.5 Å². The van der Waals surface area contributed by atoms with Crippen LogP contribution in [0.4, 0.5) is 0 Å². The molecule has 0 radical (unpaired) electrons. The van der Waals surface area contributed by atoms with E-state index in [1.165, 1.54) is 0 Å². The van der Waals surface area contributed by atoms with Crippen LogP contribution in [0.25, 0.3) is 10.9 Å². The lowest BCUT2D eigenvalue weighted by Gasteiger charge is -2.03. The molecule has 0 saturated carbocycles. The molecule has 1 aliphatic rings. The summed E-state index contributed by atoms with van der Waals surface area (Å²) in [6, 6.07) is 3.11. The van der Waals surface area contributed by atoms with E-state index in [9.17, 15) is 9.59 Å². The van der Waals surface area contributed by atoms with E-state index in [2.05, 4.69) is 9.97 Å². The number of hydrogen-bond donors (Lipinski definition) is 1. The van der Waals surface area contributed by atoms with Gasteiger partial charge in [0.25, 0.3) is 5.56 Å². The van der Waals surface area contributed by atoms with Gasteiger partial charge in [-0.15, -0.1) is 0 Å². The Morgan fingerprint density at radius 3 is 2.89 bits per heavy atom. The highest BCUT2D eigenvalue weighted by Gasteiger charge is 2.18. The molecule has 2 aromatic rings. The third-order valence-corrected chi connectivity index (χ3v) is 2.67. The minimum atomic E-state index is -0.667. The molecule has 0 unspecified atom stereocenters. The number of aromatic nitrogens is 2. The number of aromatic amines is 1. The molecular weight excluding hydrogens is 252 g/mol. The summed E-state index contributed by atoms with van der Waals surface area (Å²) in [4.78, 5) is 29.9. The van der Waals surface area contributed by atoms with E-state index in [0.717, 1.165) is 0 Å². The predicted molar refractivity (Wildman–Crippen MR) is 64.4 cm³/mol. The van der Waals surface area contributed by atoms with Crippen molar-refractivity contribution in [3.8, 4) is 11.5 Å². The minimum absolute atomic E-state index is 0.105. The second kappa shape index (κ2) is 4.27. The maximum Gasteiger partial charge on any atom is 0.374 e. The molecule has 1 aromatic heterocycles. The Labute approximate surface area is 107 Å². The van der Waals surface area contributed by atoms with Gasteiger partial charge in [0, 0.05) is 6.07 Å². The summed E-state index contributed by atoms with van der Waals surface area (Å²) in [7, 11) is 0. The molecule has 0 bridgehead atoms. The highest BCUT2D eigenvalue weighted by atomic mass is 16.7. The molecule has 7 nitrogen and oxygen atoms in total. The summed E-state index contributed by atoms with van der Waals surface area (Å²) in [6.45, 7) is 1.99. The maximum absolute atomic E-state index is 11.9. The molecule has 19 heavy (non-hydrogen) atoms. The average Bonchev–Trinajstić information content (AvgIpc) is 2.84. The first-order valence-electron chi connectivity index (χ1n) is 5.70. The number of ether oxygens (including phenoxy) is 3. The zero-order chi connectivity index (χ0) is 13.4. The number of esters is 1. The Kier molecular flexibility index (Phi) is 2.59. The second-order valence-corrected chi connectivity index (χ2v) is 3.86. The van der Waals surface area contributed by atoms with Crippen molar-refractivity contribution in [3.63, 3.8) is 0 Å². The largest absolute Gasteiger partial charge is 0.460 e.